The van der Waals surface area contributed by atoms with Crippen molar-refractivity contribution in [1.29, 1.82) is 0 Å². The van der Waals surface area contributed by atoms with Crippen molar-refractivity contribution in [2.45, 2.75) is 26.4 Å². The van der Waals surface area contributed by atoms with E-state index in [1.807, 2.05) is 50.4 Å². The molecule has 1 aromatic carbocycles. The molecule has 1 unspecified atom stereocenters. The average Bonchev–Trinajstić information content (AvgIpc) is 2.99. The Kier molecular flexibility index (Phi) is 5.35. The van der Waals surface area contributed by atoms with Crippen LogP contribution in [0.5, 0.6) is 0 Å². The number of hydrogen-bond acceptors (Lipinski definition) is 3. The van der Waals surface area contributed by atoms with Gasteiger partial charge in [-0.15, -0.1) is 0 Å². The van der Waals surface area contributed by atoms with Gasteiger partial charge in [-0.2, -0.15) is 5.10 Å². The van der Waals surface area contributed by atoms with E-state index in [0.717, 1.165) is 11.3 Å². The molecule has 0 aliphatic carbocycles. The smallest absolute Gasteiger partial charge is 0.312 e. The molecule has 0 bridgehead atoms. The number of rotatable bonds is 6. The van der Waals surface area contributed by atoms with Gasteiger partial charge in [-0.1, -0.05) is 32.0 Å². The number of benzene rings is 1. The Hall–Kier alpha value is -2.83. The largest absolute Gasteiger partial charge is 0.352 e. The Morgan fingerprint density at radius 3 is 2.57 bits per heavy atom. The summed E-state index contributed by atoms with van der Waals surface area (Å²) in [7, 11) is 0. The van der Waals surface area contributed by atoms with Gasteiger partial charge >= 0.3 is 6.03 Å². The van der Waals surface area contributed by atoms with Crippen molar-refractivity contribution in [3.8, 4) is 5.69 Å². The maximum Gasteiger partial charge on any atom is 0.312 e. The molecule has 3 amide bonds. The second-order valence-electron chi connectivity index (χ2n) is 5.58. The first-order valence-electron chi connectivity index (χ1n) is 7.40. The number of amides is 3. The summed E-state index contributed by atoms with van der Waals surface area (Å²) in [4.78, 5) is 23.1. The third-order valence-electron chi connectivity index (χ3n) is 3.37. The summed E-state index contributed by atoms with van der Waals surface area (Å²) in [5, 5.41) is 9.51. The molecule has 23 heavy (non-hydrogen) atoms. The molecule has 4 N–H and O–H groups in total. The van der Waals surface area contributed by atoms with Crippen LogP contribution in [-0.4, -0.2) is 27.8 Å². The van der Waals surface area contributed by atoms with Gasteiger partial charge < -0.3 is 16.4 Å². The van der Waals surface area contributed by atoms with Crippen LogP contribution in [0.25, 0.3) is 5.69 Å². The van der Waals surface area contributed by atoms with Crippen LogP contribution in [0.3, 0.4) is 0 Å². The Morgan fingerprint density at radius 2 is 1.96 bits per heavy atom. The SMILES string of the molecule is CC(C)C(NC(N)=O)C(=O)NCc1cnn(-c2ccccc2)c1. The van der Waals surface area contributed by atoms with Gasteiger partial charge in [-0.05, 0) is 18.1 Å². The van der Waals surface area contributed by atoms with E-state index in [4.69, 9.17) is 5.73 Å². The van der Waals surface area contributed by atoms with Gasteiger partial charge in [-0.3, -0.25) is 4.79 Å². The Morgan fingerprint density at radius 1 is 1.26 bits per heavy atom. The second-order valence-corrected chi connectivity index (χ2v) is 5.58. The zero-order valence-corrected chi connectivity index (χ0v) is 13.2. The highest BCUT2D eigenvalue weighted by Crippen LogP contribution is 2.08. The van der Waals surface area contributed by atoms with Crippen LogP contribution in [0.15, 0.2) is 42.7 Å². The summed E-state index contributed by atoms with van der Waals surface area (Å²) in [6.45, 7) is 4.01. The van der Waals surface area contributed by atoms with Gasteiger partial charge in [0.1, 0.15) is 6.04 Å². The number of aromatic nitrogens is 2. The molecule has 0 saturated carbocycles. The number of nitrogens with one attached hydrogen (secondary N) is 2. The molecule has 7 nitrogen and oxygen atoms in total. The van der Waals surface area contributed by atoms with E-state index in [9.17, 15) is 9.59 Å². The van der Waals surface area contributed by atoms with Crippen molar-refractivity contribution in [3.63, 3.8) is 0 Å². The summed E-state index contributed by atoms with van der Waals surface area (Å²) in [6.07, 6.45) is 3.54. The summed E-state index contributed by atoms with van der Waals surface area (Å²) in [6, 6.07) is 8.32. The number of nitrogens with two attached hydrogens (primary N) is 1. The Bertz CT molecular complexity index is 666. The fraction of sp³-hybridized carbons (Fsp3) is 0.312. The highest BCUT2D eigenvalue weighted by atomic mass is 16.2. The maximum atomic E-state index is 12.2. The maximum absolute atomic E-state index is 12.2. The fourth-order valence-corrected chi connectivity index (χ4v) is 2.16. The first-order chi connectivity index (χ1) is 11.0. The molecule has 122 valence electrons. The van der Waals surface area contributed by atoms with Crippen molar-refractivity contribution < 1.29 is 9.59 Å². The molecular weight excluding hydrogens is 294 g/mol. The lowest BCUT2D eigenvalue weighted by Gasteiger charge is -2.20. The molecule has 0 aliphatic rings. The minimum Gasteiger partial charge on any atom is -0.352 e. The Labute approximate surface area is 134 Å². The number of hydrogen-bond donors (Lipinski definition) is 3. The normalized spacial score (nSPS) is 12.0. The van der Waals surface area contributed by atoms with E-state index >= 15 is 0 Å². The molecule has 0 radical (unpaired) electrons. The zero-order valence-electron chi connectivity index (χ0n) is 13.2. The van der Waals surface area contributed by atoms with E-state index in [-0.39, 0.29) is 11.8 Å². The van der Waals surface area contributed by atoms with Gasteiger partial charge in [0.15, 0.2) is 0 Å². The molecule has 0 spiro atoms. The number of carbonyl (C=O) groups is 2. The number of para-hydroxylation sites is 1. The van der Waals surface area contributed by atoms with Crippen LogP contribution in [0, 0.1) is 5.92 Å². The summed E-state index contributed by atoms with van der Waals surface area (Å²) < 4.78 is 1.74. The van der Waals surface area contributed by atoms with Gasteiger partial charge in [0.05, 0.1) is 11.9 Å². The summed E-state index contributed by atoms with van der Waals surface area (Å²) in [5.41, 5.74) is 6.91. The monoisotopic (exact) mass is 315 g/mol. The van der Waals surface area contributed by atoms with Crippen molar-refractivity contribution in [2.24, 2.45) is 11.7 Å². The molecule has 7 heteroatoms. The van der Waals surface area contributed by atoms with Gasteiger partial charge in [-0.25, -0.2) is 9.48 Å². The number of carbonyl (C=O) groups excluding carboxylic acids is 2. The highest BCUT2D eigenvalue weighted by molar-refractivity contribution is 5.86. The van der Waals surface area contributed by atoms with Crippen molar-refractivity contribution in [2.75, 3.05) is 0 Å². The zero-order chi connectivity index (χ0) is 16.8. The van der Waals surface area contributed by atoms with Crippen LogP contribution in [0.1, 0.15) is 19.4 Å². The summed E-state index contributed by atoms with van der Waals surface area (Å²) >= 11 is 0. The molecule has 2 aromatic rings. The van der Waals surface area contributed by atoms with Crippen molar-refractivity contribution >= 4 is 11.9 Å². The molecule has 1 atom stereocenters. The van der Waals surface area contributed by atoms with E-state index < -0.39 is 12.1 Å². The minimum atomic E-state index is -0.712. The number of urea groups is 1. The van der Waals surface area contributed by atoms with Crippen LogP contribution in [0.2, 0.25) is 0 Å². The van der Waals surface area contributed by atoms with E-state index in [2.05, 4.69) is 15.7 Å². The van der Waals surface area contributed by atoms with Crippen LogP contribution < -0.4 is 16.4 Å². The Balaban J connectivity index is 1.96. The minimum absolute atomic E-state index is 0.0606. The number of nitrogens with zero attached hydrogens (tertiary/aromatic N) is 2. The third kappa shape index (κ3) is 4.57. The molecule has 2 rings (SSSR count). The molecule has 1 aromatic heterocycles. The lowest BCUT2D eigenvalue weighted by atomic mass is 10.0. The lowest BCUT2D eigenvalue weighted by molar-refractivity contribution is -0.124. The quantitative estimate of drug-likeness (QED) is 0.746. The predicted octanol–water partition coefficient (Wildman–Crippen LogP) is 1.18. The highest BCUT2D eigenvalue weighted by Gasteiger charge is 2.23. The van der Waals surface area contributed by atoms with Crippen LogP contribution in [-0.2, 0) is 11.3 Å². The first-order valence-corrected chi connectivity index (χ1v) is 7.40. The first kappa shape index (κ1) is 16.5. The molecule has 0 aliphatic heterocycles. The fourth-order valence-electron chi connectivity index (χ4n) is 2.16. The molecule has 0 saturated heterocycles. The van der Waals surface area contributed by atoms with Gasteiger partial charge in [0.2, 0.25) is 5.91 Å². The predicted molar refractivity (Wildman–Crippen MR) is 86.8 cm³/mol. The molecular formula is C16H21N5O2. The summed E-state index contributed by atoms with van der Waals surface area (Å²) in [5.74, 6) is -0.333. The number of primary amides is 1. The lowest BCUT2D eigenvalue weighted by Crippen LogP contribution is -2.51. The van der Waals surface area contributed by atoms with Gasteiger partial charge in [0, 0.05) is 18.3 Å². The molecule has 1 heterocycles. The molecule has 0 fully saturated rings. The second kappa shape index (κ2) is 7.44. The van der Waals surface area contributed by atoms with Crippen molar-refractivity contribution in [1.82, 2.24) is 20.4 Å². The standard InChI is InChI=1S/C16H21N5O2/c1-11(2)14(20-16(17)23)15(22)18-8-12-9-19-21(10-12)13-6-4-3-5-7-13/h3-7,9-11,14H,8H2,1-2H3,(H,18,22)(H3,17,20,23). The van der Waals surface area contributed by atoms with E-state index in [0.29, 0.717) is 6.54 Å². The van der Waals surface area contributed by atoms with Crippen LogP contribution in [0.4, 0.5) is 4.79 Å². The average molecular weight is 315 g/mol. The van der Waals surface area contributed by atoms with Gasteiger partial charge in [0.25, 0.3) is 0 Å². The van der Waals surface area contributed by atoms with E-state index in [1.165, 1.54) is 0 Å². The van der Waals surface area contributed by atoms with Crippen molar-refractivity contribution in [3.05, 3.63) is 48.3 Å². The topological polar surface area (TPSA) is 102 Å². The van der Waals surface area contributed by atoms with E-state index in [1.54, 1.807) is 10.9 Å². The third-order valence-corrected chi connectivity index (χ3v) is 3.37. The van der Waals surface area contributed by atoms with Crippen LogP contribution >= 0.6 is 0 Å².